The van der Waals surface area contributed by atoms with Gasteiger partial charge in [-0.2, -0.15) is 9.40 Å². The number of nitrogens with two attached hydrogens (primary N) is 1. The number of sulfonamides is 1. The van der Waals surface area contributed by atoms with Crippen molar-refractivity contribution in [2.24, 2.45) is 17.9 Å². The fraction of sp³-hybridized carbons (Fsp3) is 0.636. The molecular formula is C11H19N5O4S. The summed E-state index contributed by atoms with van der Waals surface area (Å²) in [5.74, 6) is -0.144. The lowest BCUT2D eigenvalue weighted by Gasteiger charge is -2.31. The minimum absolute atomic E-state index is 0.00595. The Balaban J connectivity index is 2.35. The average Bonchev–Trinajstić information content (AvgIpc) is 2.71. The minimum Gasteiger partial charge on any atom is -0.409 e. The molecule has 0 bridgehead atoms. The molecule has 0 aromatic carbocycles. The molecule has 0 radical (unpaired) electrons. The van der Waals surface area contributed by atoms with Gasteiger partial charge in [0.2, 0.25) is 10.0 Å². The zero-order valence-corrected chi connectivity index (χ0v) is 13.0. The predicted octanol–water partition coefficient (Wildman–Crippen LogP) is -0.827. The van der Waals surface area contributed by atoms with Gasteiger partial charge >= 0.3 is 0 Å². The molecule has 2 rings (SSSR count). The molecule has 1 unspecified atom stereocenters. The quantitative estimate of drug-likeness (QED) is 0.325. The van der Waals surface area contributed by atoms with Gasteiger partial charge in [-0.15, -0.1) is 0 Å². The Kier molecular flexibility index (Phi) is 4.21. The Morgan fingerprint density at radius 3 is 2.71 bits per heavy atom. The molecule has 2 heterocycles. The van der Waals surface area contributed by atoms with Gasteiger partial charge < -0.3 is 15.7 Å². The lowest BCUT2D eigenvalue weighted by Crippen LogP contribution is -2.50. The van der Waals surface area contributed by atoms with Crippen LogP contribution in [0.4, 0.5) is 0 Å². The third-order valence-corrected chi connectivity index (χ3v) is 5.63. The molecule has 21 heavy (non-hydrogen) atoms. The molecule has 1 saturated heterocycles. The fourth-order valence-corrected chi connectivity index (χ4v) is 4.17. The van der Waals surface area contributed by atoms with Gasteiger partial charge in [-0.3, -0.25) is 4.68 Å². The van der Waals surface area contributed by atoms with E-state index in [9.17, 15) is 8.42 Å². The monoisotopic (exact) mass is 317 g/mol. The van der Waals surface area contributed by atoms with Crippen molar-refractivity contribution in [1.82, 2.24) is 14.1 Å². The molecule has 1 aliphatic heterocycles. The van der Waals surface area contributed by atoms with Gasteiger partial charge in [0.05, 0.1) is 18.0 Å². The zero-order chi connectivity index (χ0) is 15.8. The number of ether oxygens (including phenoxy) is 1. The van der Waals surface area contributed by atoms with E-state index in [4.69, 9.17) is 15.7 Å². The molecule has 3 N–H and O–H groups in total. The highest BCUT2D eigenvalue weighted by Crippen LogP contribution is 2.24. The van der Waals surface area contributed by atoms with E-state index >= 15 is 0 Å². The first kappa shape index (κ1) is 15.7. The third kappa shape index (κ3) is 2.74. The van der Waals surface area contributed by atoms with Crippen molar-refractivity contribution >= 4 is 15.9 Å². The van der Waals surface area contributed by atoms with E-state index in [0.29, 0.717) is 11.4 Å². The summed E-state index contributed by atoms with van der Waals surface area (Å²) in [4.78, 5) is 0.199. The van der Waals surface area contributed by atoms with Crippen molar-refractivity contribution in [3.8, 4) is 0 Å². The highest BCUT2D eigenvalue weighted by molar-refractivity contribution is 7.89. The van der Waals surface area contributed by atoms with Crippen molar-refractivity contribution in [2.45, 2.75) is 24.8 Å². The van der Waals surface area contributed by atoms with Gasteiger partial charge in [-0.05, 0) is 13.8 Å². The Bertz CT molecular complexity index is 666. The molecular weight excluding hydrogens is 298 g/mol. The van der Waals surface area contributed by atoms with Crippen molar-refractivity contribution in [1.29, 1.82) is 0 Å². The number of nitrogens with zero attached hydrogens (tertiary/aromatic N) is 4. The van der Waals surface area contributed by atoms with Crippen molar-refractivity contribution in [2.75, 3.05) is 19.7 Å². The molecule has 0 saturated carbocycles. The Hall–Kier alpha value is -1.65. The minimum atomic E-state index is -3.70. The molecule has 0 amide bonds. The number of rotatable bonds is 3. The van der Waals surface area contributed by atoms with Crippen LogP contribution in [0.25, 0.3) is 0 Å². The second-order valence-corrected chi connectivity index (χ2v) is 6.75. The standard InChI is InChI=1S/C11H19N5O4S/c1-7-10(8(2)15(3)13-7)21(18,19)16-4-5-20-9(6-16)11(12)14-17/h9,17H,4-6H2,1-3H3,(H2,12,14). The van der Waals surface area contributed by atoms with E-state index in [1.54, 1.807) is 20.9 Å². The smallest absolute Gasteiger partial charge is 0.246 e. The van der Waals surface area contributed by atoms with E-state index in [1.165, 1.54) is 8.99 Å². The van der Waals surface area contributed by atoms with E-state index in [-0.39, 0.29) is 30.4 Å². The average molecular weight is 317 g/mol. The molecule has 1 fully saturated rings. The summed E-state index contributed by atoms with van der Waals surface area (Å²) in [6.07, 6.45) is -0.754. The summed E-state index contributed by atoms with van der Waals surface area (Å²) in [6.45, 7) is 3.76. The summed E-state index contributed by atoms with van der Waals surface area (Å²) < 4.78 is 33.7. The SMILES string of the molecule is Cc1nn(C)c(C)c1S(=O)(=O)N1CCOC(C(N)=NO)C1. The number of hydrogen-bond acceptors (Lipinski definition) is 6. The first-order valence-corrected chi connectivity index (χ1v) is 7.82. The van der Waals surface area contributed by atoms with Gasteiger partial charge in [-0.25, -0.2) is 8.42 Å². The maximum atomic E-state index is 12.8. The summed E-state index contributed by atoms with van der Waals surface area (Å²) >= 11 is 0. The number of aromatic nitrogens is 2. The number of oxime groups is 1. The summed E-state index contributed by atoms with van der Waals surface area (Å²) in [5.41, 5.74) is 6.51. The first-order chi connectivity index (χ1) is 9.78. The van der Waals surface area contributed by atoms with Crippen LogP contribution in [0.15, 0.2) is 10.1 Å². The van der Waals surface area contributed by atoms with Crippen LogP contribution >= 0.6 is 0 Å². The van der Waals surface area contributed by atoms with E-state index < -0.39 is 16.1 Å². The lowest BCUT2D eigenvalue weighted by molar-refractivity contribution is 0.0354. The second-order valence-electron chi connectivity index (χ2n) is 4.87. The number of amidine groups is 1. The Morgan fingerprint density at radius 2 is 2.19 bits per heavy atom. The molecule has 9 nitrogen and oxygen atoms in total. The number of aryl methyl sites for hydroxylation is 2. The predicted molar refractivity (Wildman–Crippen MR) is 74.6 cm³/mol. The molecule has 10 heteroatoms. The lowest BCUT2D eigenvalue weighted by atomic mass is 10.3. The summed E-state index contributed by atoms with van der Waals surface area (Å²) in [6, 6.07) is 0. The Labute approximate surface area is 123 Å². The van der Waals surface area contributed by atoms with Crippen molar-refractivity contribution in [3.05, 3.63) is 11.4 Å². The summed E-state index contributed by atoms with van der Waals surface area (Å²) in [7, 11) is -2.01. The molecule has 1 aromatic heterocycles. The zero-order valence-electron chi connectivity index (χ0n) is 12.1. The van der Waals surface area contributed by atoms with Crippen LogP contribution in [0.3, 0.4) is 0 Å². The van der Waals surface area contributed by atoms with Crippen LogP contribution in [0, 0.1) is 13.8 Å². The van der Waals surface area contributed by atoms with Crippen molar-refractivity contribution in [3.63, 3.8) is 0 Å². The van der Waals surface area contributed by atoms with Crippen LogP contribution in [0.2, 0.25) is 0 Å². The van der Waals surface area contributed by atoms with Gasteiger partial charge in [0.25, 0.3) is 0 Å². The van der Waals surface area contributed by atoms with Crippen LogP contribution < -0.4 is 5.73 Å². The Morgan fingerprint density at radius 1 is 1.52 bits per heavy atom. The molecule has 0 spiro atoms. The van der Waals surface area contributed by atoms with Crippen LogP contribution in [0.5, 0.6) is 0 Å². The number of hydrogen-bond donors (Lipinski definition) is 2. The van der Waals surface area contributed by atoms with Crippen molar-refractivity contribution < 1.29 is 18.4 Å². The topological polar surface area (TPSA) is 123 Å². The first-order valence-electron chi connectivity index (χ1n) is 6.38. The maximum Gasteiger partial charge on any atom is 0.246 e. The van der Waals surface area contributed by atoms with Gasteiger partial charge in [0.15, 0.2) is 5.84 Å². The molecule has 1 aliphatic rings. The van der Waals surface area contributed by atoms with Gasteiger partial charge in [-0.1, -0.05) is 5.16 Å². The normalized spacial score (nSPS) is 21.7. The third-order valence-electron chi connectivity index (χ3n) is 3.52. The summed E-state index contributed by atoms with van der Waals surface area (Å²) in [5, 5.41) is 15.7. The largest absolute Gasteiger partial charge is 0.409 e. The fourth-order valence-electron chi connectivity index (χ4n) is 2.34. The molecule has 0 aliphatic carbocycles. The number of morpholine rings is 1. The van der Waals surface area contributed by atoms with Crippen LogP contribution in [-0.4, -0.2) is 59.3 Å². The van der Waals surface area contributed by atoms with Crippen LogP contribution in [0.1, 0.15) is 11.4 Å². The van der Waals surface area contributed by atoms with Gasteiger partial charge in [0, 0.05) is 20.1 Å². The highest BCUT2D eigenvalue weighted by atomic mass is 32.2. The molecule has 1 aromatic rings. The molecule has 118 valence electrons. The van der Waals surface area contributed by atoms with E-state index in [2.05, 4.69) is 10.3 Å². The van der Waals surface area contributed by atoms with E-state index in [0.717, 1.165) is 0 Å². The maximum absolute atomic E-state index is 12.8. The molecule has 1 atom stereocenters. The second kappa shape index (κ2) is 5.62. The van der Waals surface area contributed by atoms with Crippen LogP contribution in [-0.2, 0) is 21.8 Å². The highest BCUT2D eigenvalue weighted by Gasteiger charge is 2.35. The van der Waals surface area contributed by atoms with E-state index in [1.807, 2.05) is 0 Å². The van der Waals surface area contributed by atoms with Gasteiger partial charge in [0.1, 0.15) is 11.0 Å².